The van der Waals surface area contributed by atoms with E-state index in [2.05, 4.69) is 47.5 Å². The van der Waals surface area contributed by atoms with Crippen LogP contribution < -0.4 is 30.6 Å². The fourth-order valence-corrected chi connectivity index (χ4v) is 16.2. The zero-order chi connectivity index (χ0) is 57.1. The number of carbonyl (C=O) groups is 4. The number of amides is 4. The molecule has 4 aromatic rings. The van der Waals surface area contributed by atoms with Crippen LogP contribution in [0.25, 0.3) is 0 Å². The average Bonchev–Trinajstić information content (AvgIpc) is 3.19. The molecule has 0 aliphatic heterocycles. The normalized spacial score (nSPS) is 25.9. The molecule has 0 saturated heterocycles. The van der Waals surface area contributed by atoms with E-state index in [1.54, 1.807) is 0 Å². The molecule has 2 aromatic carbocycles. The Morgan fingerprint density at radius 2 is 0.841 bits per heavy atom. The third-order valence-corrected chi connectivity index (χ3v) is 20.6. The molecule has 82 heavy (non-hydrogen) atoms. The van der Waals surface area contributed by atoms with Crippen molar-refractivity contribution in [3.63, 3.8) is 0 Å². The number of phenols is 2. The molecule has 0 unspecified atom stereocenters. The Bertz CT molecular complexity index is 2740. The first-order valence-corrected chi connectivity index (χ1v) is 31.8. The number of unbranched alkanes of at least 4 members (excludes halogenated alkanes) is 13. The number of phenolic OH excluding ortho intramolecular Hbond substituents is 2. The molecule has 438 valence electrons. The lowest BCUT2D eigenvalue weighted by Gasteiger charge is -2.49. The van der Waals surface area contributed by atoms with E-state index in [1.807, 2.05) is 82.5 Å². The van der Waals surface area contributed by atoms with Gasteiger partial charge in [0.25, 0.3) is 0 Å². The Morgan fingerprint density at radius 3 is 1.22 bits per heavy atom. The number of anilines is 2. The van der Waals surface area contributed by atoms with Crippen LogP contribution in [0.15, 0.2) is 95.7 Å². The number of fused-ring (bicyclic) bond motifs is 10. The first kappa shape index (κ1) is 58.7. The number of benzene rings is 2. The minimum atomic E-state index is -0.158. The van der Waals surface area contributed by atoms with Crippen LogP contribution in [0.1, 0.15) is 215 Å². The van der Waals surface area contributed by atoms with Crippen LogP contribution in [0.2, 0.25) is 0 Å². The highest BCUT2D eigenvalue weighted by molar-refractivity contribution is 5.94. The largest absolute Gasteiger partial charge is 0.508 e. The van der Waals surface area contributed by atoms with Crippen LogP contribution >= 0.6 is 0 Å². The number of rotatable bonds is 25. The highest BCUT2D eigenvalue weighted by atomic mass is 16.3. The van der Waals surface area contributed by atoms with Crippen LogP contribution in [-0.2, 0) is 45.1 Å². The quantitative estimate of drug-likeness (QED) is 0.0217. The zero-order valence-electron chi connectivity index (χ0n) is 49.1. The van der Waals surface area contributed by atoms with Gasteiger partial charge in [-0.05, 0) is 172 Å². The number of nitrogens with zero attached hydrogens (tertiary/aromatic N) is 4. The van der Waals surface area contributed by atoms with Gasteiger partial charge in [-0.25, -0.2) is 10.9 Å². The second-order valence-corrected chi connectivity index (χ2v) is 25.8. The number of aryl methyl sites for hydroxylation is 2. The van der Waals surface area contributed by atoms with Crippen molar-refractivity contribution >= 4 is 46.4 Å². The molecule has 0 bridgehead atoms. The maximum atomic E-state index is 13.0. The molecule has 6 aliphatic rings. The van der Waals surface area contributed by atoms with Gasteiger partial charge in [0.2, 0.25) is 24.9 Å². The molecule has 4 saturated carbocycles. The van der Waals surface area contributed by atoms with Gasteiger partial charge in [0.15, 0.2) is 24.8 Å². The fourth-order valence-electron chi connectivity index (χ4n) is 16.2. The van der Waals surface area contributed by atoms with Gasteiger partial charge >= 0.3 is 11.8 Å². The number of nitrogens with one attached hydrogen (secondary N) is 4. The van der Waals surface area contributed by atoms with Crippen molar-refractivity contribution in [3.05, 3.63) is 108 Å². The summed E-state index contributed by atoms with van der Waals surface area (Å²) in [5.74, 6) is 3.88. The summed E-state index contributed by atoms with van der Waals surface area (Å²) < 4.78 is 3.62. The Kier molecular flexibility index (Phi) is 19.6. The predicted octanol–water partition coefficient (Wildman–Crippen LogP) is 12.5. The van der Waals surface area contributed by atoms with Crippen molar-refractivity contribution < 1.29 is 38.5 Å². The summed E-state index contributed by atoms with van der Waals surface area (Å²) in [4.78, 5) is 51.4. The molecular weight excluding hydrogens is 1020 g/mol. The minimum absolute atomic E-state index is 0.00642. The number of aromatic hydroxyl groups is 2. The number of carbonyl (C=O) groups excluding carboxylic acids is 4. The summed E-state index contributed by atoms with van der Waals surface area (Å²) >= 11 is 0. The maximum Gasteiger partial charge on any atom is 0.305 e. The van der Waals surface area contributed by atoms with Gasteiger partial charge in [0.1, 0.15) is 11.5 Å². The summed E-state index contributed by atoms with van der Waals surface area (Å²) in [5.41, 5.74) is 14.9. The van der Waals surface area contributed by atoms with E-state index in [-0.39, 0.29) is 47.5 Å². The number of hydrogen-bond acceptors (Lipinski definition) is 8. The molecule has 0 spiro atoms. The molecule has 14 heteroatoms. The smallest absolute Gasteiger partial charge is 0.305 e. The van der Waals surface area contributed by atoms with Crippen molar-refractivity contribution in [2.24, 2.45) is 44.7 Å². The maximum absolute atomic E-state index is 13.0. The van der Waals surface area contributed by atoms with E-state index in [9.17, 15) is 29.4 Å². The SMILES string of the molecule is C[C@]12CC[C@@H]3c4ccc(O)cc4CC[C@H]3[C@@H]1CC/C2=N\NC(=O)C[n+]1ccc(NC(=O)CCCCCCCCCCCCCCCCC(=O)Nc2cc[n+](CC(=O)N/N=C3\CC[C@H]4[C@@H]5CCc6cc(O)ccc6[C@H]5CC[C@]34C)cc2)cc1. The molecule has 8 atom stereocenters. The van der Waals surface area contributed by atoms with E-state index in [0.717, 1.165) is 138 Å². The molecule has 2 aromatic heterocycles. The Labute approximate surface area is 486 Å². The first-order valence-electron chi connectivity index (χ1n) is 31.8. The topological polar surface area (TPSA) is 189 Å². The molecular formula is C68H92N8O6+2. The van der Waals surface area contributed by atoms with Crippen molar-refractivity contribution in [1.29, 1.82) is 0 Å². The summed E-state index contributed by atoms with van der Waals surface area (Å²) in [6, 6.07) is 19.2. The predicted molar refractivity (Wildman–Crippen MR) is 321 cm³/mol. The van der Waals surface area contributed by atoms with Crippen LogP contribution in [0, 0.1) is 34.5 Å². The van der Waals surface area contributed by atoms with E-state index < -0.39 is 0 Å². The number of hydrazone groups is 2. The molecule has 6 aliphatic carbocycles. The van der Waals surface area contributed by atoms with Crippen LogP contribution in [0.5, 0.6) is 11.5 Å². The molecule has 2 heterocycles. The van der Waals surface area contributed by atoms with E-state index >= 15 is 0 Å². The van der Waals surface area contributed by atoms with Crippen LogP contribution in [-0.4, -0.2) is 45.3 Å². The van der Waals surface area contributed by atoms with E-state index in [4.69, 9.17) is 10.2 Å². The van der Waals surface area contributed by atoms with Crippen molar-refractivity contribution in [2.45, 2.75) is 219 Å². The number of aromatic nitrogens is 2. The van der Waals surface area contributed by atoms with Crippen LogP contribution in [0.3, 0.4) is 0 Å². The molecule has 6 N–H and O–H groups in total. The summed E-state index contributed by atoms with van der Waals surface area (Å²) in [6.07, 6.45) is 37.2. The molecule has 0 radical (unpaired) electrons. The minimum Gasteiger partial charge on any atom is -0.508 e. The summed E-state index contributed by atoms with van der Waals surface area (Å²) in [5, 5.41) is 35.6. The molecule has 4 fully saturated rings. The zero-order valence-corrected chi connectivity index (χ0v) is 49.1. The summed E-state index contributed by atoms with van der Waals surface area (Å²) in [6.45, 7) is 5.02. The summed E-state index contributed by atoms with van der Waals surface area (Å²) in [7, 11) is 0. The lowest BCUT2D eigenvalue weighted by atomic mass is 9.55. The monoisotopic (exact) mass is 1120 g/mol. The van der Waals surface area contributed by atoms with Crippen molar-refractivity contribution in [2.75, 3.05) is 10.6 Å². The van der Waals surface area contributed by atoms with Crippen molar-refractivity contribution in [3.8, 4) is 11.5 Å². The number of hydrogen-bond donors (Lipinski definition) is 6. The third kappa shape index (κ3) is 14.3. The Morgan fingerprint density at radius 1 is 0.476 bits per heavy atom. The number of pyridine rings is 2. The second-order valence-electron chi connectivity index (χ2n) is 25.8. The third-order valence-electron chi connectivity index (χ3n) is 20.6. The molecule has 14 nitrogen and oxygen atoms in total. The Hall–Kier alpha value is -6.44. The standard InChI is InChI=1S/C68H90N8O6/c1-67-37-31-55-53-25-21-51(77)43-47(53)19-23-57(55)59(67)27-29-61(67)71-73-65(81)45-75-39-33-49(34-40-75)69-63(79)17-15-13-11-9-7-5-3-4-6-8-10-12-14-16-18-64(80)70-50-35-41-76(42-36-50)46-66(82)74-72-62-30-28-60-58-24-20-48-44-52(78)22-26-54(48)56(58)32-38-68(60,62)2/h21-22,25-26,33-36,39-44,55-60H,3-20,23-24,27-32,37-38,45-46H2,1-2H3,(H4,73,74,77,78,81,82)/p+2/b71-61+,72-62+/t55-,56-,57-,58-,59+,60+,67+,68+/m1/s1. The van der Waals surface area contributed by atoms with E-state index in [0.29, 0.717) is 59.8 Å². The van der Waals surface area contributed by atoms with Crippen molar-refractivity contribution in [1.82, 2.24) is 10.9 Å². The average molecular weight is 1120 g/mol. The van der Waals surface area contributed by atoms with Gasteiger partial charge in [0.05, 0.1) is 11.4 Å². The first-order chi connectivity index (χ1) is 39.8. The molecule has 10 rings (SSSR count). The van der Waals surface area contributed by atoms with Gasteiger partial charge in [-0.3, -0.25) is 19.2 Å². The second kappa shape index (κ2) is 27.3. The Balaban J connectivity index is 0.504. The molecule has 4 amide bonds. The van der Waals surface area contributed by atoms with Gasteiger partial charge in [-0.15, -0.1) is 0 Å². The highest BCUT2D eigenvalue weighted by Crippen LogP contribution is 2.61. The highest BCUT2D eigenvalue weighted by Gasteiger charge is 2.55. The van der Waals surface area contributed by atoms with Gasteiger partial charge in [-0.2, -0.15) is 19.3 Å². The van der Waals surface area contributed by atoms with Gasteiger partial charge in [-0.1, -0.05) is 103 Å². The lowest BCUT2D eigenvalue weighted by Crippen LogP contribution is -2.44. The van der Waals surface area contributed by atoms with Gasteiger partial charge < -0.3 is 20.8 Å². The van der Waals surface area contributed by atoms with Crippen LogP contribution in [0.4, 0.5) is 11.4 Å². The fraction of sp³-hybridized carbons (Fsp3) is 0.588. The van der Waals surface area contributed by atoms with Gasteiger partial charge in [0, 0.05) is 59.4 Å². The van der Waals surface area contributed by atoms with E-state index in [1.165, 1.54) is 73.6 Å². The lowest BCUT2D eigenvalue weighted by molar-refractivity contribution is -0.684.